The number of benzene rings is 1. The van der Waals surface area contributed by atoms with E-state index in [0.29, 0.717) is 5.69 Å². The third-order valence-electron chi connectivity index (χ3n) is 2.95. The van der Waals surface area contributed by atoms with E-state index in [1.54, 1.807) is 0 Å². The highest BCUT2D eigenvalue weighted by Crippen LogP contribution is 2.20. The third kappa shape index (κ3) is 4.55. The Morgan fingerprint density at radius 2 is 1.76 bits per heavy atom. The monoisotopic (exact) mass is 296 g/mol. The molecule has 21 heavy (non-hydrogen) atoms. The lowest BCUT2D eigenvalue weighted by molar-refractivity contribution is -0.149. The molecule has 0 aliphatic rings. The number of imide groups is 1. The second-order valence-electron chi connectivity index (χ2n) is 5.25. The first-order valence-electron chi connectivity index (χ1n) is 6.20. The topological polar surface area (TPSA) is 86.7 Å². The summed E-state index contributed by atoms with van der Waals surface area (Å²) >= 11 is 0. The average molecular weight is 296 g/mol. The number of hydrogen-bond acceptors (Lipinski definition) is 3. The van der Waals surface area contributed by atoms with E-state index in [-0.39, 0.29) is 6.42 Å². The van der Waals surface area contributed by atoms with Crippen LogP contribution in [0.4, 0.5) is 14.9 Å². The predicted molar refractivity (Wildman–Crippen MR) is 74.4 cm³/mol. The highest BCUT2D eigenvalue weighted by Gasteiger charge is 2.31. The molecule has 0 unspecified atom stereocenters. The Labute approximate surface area is 121 Å². The fraction of sp³-hybridized carbons (Fsp3) is 0.357. The van der Waals surface area contributed by atoms with Gasteiger partial charge in [0, 0.05) is 19.2 Å². The van der Waals surface area contributed by atoms with Crippen LogP contribution in [0.2, 0.25) is 0 Å². The number of carbonyl (C=O) groups is 3. The fourth-order valence-corrected chi connectivity index (χ4v) is 1.51. The van der Waals surface area contributed by atoms with Crippen LogP contribution >= 0.6 is 0 Å². The van der Waals surface area contributed by atoms with Crippen molar-refractivity contribution in [3.63, 3.8) is 0 Å². The van der Waals surface area contributed by atoms with Gasteiger partial charge in [-0.3, -0.25) is 19.8 Å². The number of amides is 3. The van der Waals surface area contributed by atoms with E-state index < -0.39 is 29.1 Å². The van der Waals surface area contributed by atoms with Gasteiger partial charge in [0.1, 0.15) is 5.82 Å². The van der Waals surface area contributed by atoms with Crippen LogP contribution in [-0.2, 0) is 9.59 Å². The van der Waals surface area contributed by atoms with Crippen molar-refractivity contribution in [3.05, 3.63) is 30.1 Å². The molecular weight excluding hydrogens is 279 g/mol. The van der Waals surface area contributed by atoms with Gasteiger partial charge in [-0.1, -0.05) is 0 Å². The van der Waals surface area contributed by atoms with E-state index >= 15 is 0 Å². The van der Waals surface area contributed by atoms with Crippen LogP contribution in [0.1, 0.15) is 20.3 Å². The smallest absolute Gasteiger partial charge is 0.328 e. The summed E-state index contributed by atoms with van der Waals surface area (Å²) in [6.07, 6.45) is -0.328. The van der Waals surface area contributed by atoms with Gasteiger partial charge in [0.05, 0.1) is 5.41 Å². The minimum absolute atomic E-state index is 0.328. The second kappa shape index (κ2) is 6.34. The first kappa shape index (κ1) is 16.6. The number of halogens is 1. The van der Waals surface area contributed by atoms with Crippen LogP contribution in [0.15, 0.2) is 24.3 Å². The summed E-state index contributed by atoms with van der Waals surface area (Å²) in [5, 5.41) is 11.0. The van der Waals surface area contributed by atoms with Gasteiger partial charge < -0.3 is 5.11 Å². The molecule has 0 aliphatic carbocycles. The molecular formula is C14H17FN2O4. The van der Waals surface area contributed by atoms with Gasteiger partial charge in [-0.25, -0.2) is 9.18 Å². The molecule has 2 N–H and O–H groups in total. The zero-order chi connectivity index (χ0) is 16.2. The normalized spacial score (nSPS) is 10.9. The van der Waals surface area contributed by atoms with Crippen LogP contribution in [0.5, 0.6) is 0 Å². The first-order valence-corrected chi connectivity index (χ1v) is 6.20. The molecule has 0 radical (unpaired) electrons. The molecule has 0 saturated carbocycles. The Morgan fingerprint density at radius 1 is 1.24 bits per heavy atom. The maximum Gasteiger partial charge on any atom is 0.328 e. The molecule has 1 aromatic rings. The summed E-state index contributed by atoms with van der Waals surface area (Å²) in [7, 11) is 1.41. The molecule has 1 aromatic carbocycles. The third-order valence-corrected chi connectivity index (χ3v) is 2.95. The number of anilines is 1. The summed E-state index contributed by atoms with van der Waals surface area (Å²) in [5.74, 6) is -2.26. The lowest BCUT2D eigenvalue weighted by Gasteiger charge is -2.20. The van der Waals surface area contributed by atoms with E-state index in [1.165, 1.54) is 45.2 Å². The number of hydrogen-bond donors (Lipinski definition) is 2. The summed E-state index contributed by atoms with van der Waals surface area (Å²) in [6, 6.07) is 4.44. The van der Waals surface area contributed by atoms with E-state index in [4.69, 9.17) is 5.11 Å². The molecule has 0 aliphatic heterocycles. The van der Waals surface area contributed by atoms with Gasteiger partial charge >= 0.3 is 12.0 Å². The van der Waals surface area contributed by atoms with Gasteiger partial charge in [0.25, 0.3) is 0 Å². The van der Waals surface area contributed by atoms with Gasteiger partial charge in [0.2, 0.25) is 5.91 Å². The van der Waals surface area contributed by atoms with E-state index in [9.17, 15) is 18.8 Å². The van der Waals surface area contributed by atoms with Crippen LogP contribution < -0.4 is 10.2 Å². The molecule has 0 bridgehead atoms. The zero-order valence-electron chi connectivity index (χ0n) is 12.0. The van der Waals surface area contributed by atoms with Crippen LogP contribution in [0.25, 0.3) is 0 Å². The average Bonchev–Trinajstić information content (AvgIpc) is 2.37. The van der Waals surface area contributed by atoms with Crippen molar-refractivity contribution >= 4 is 23.6 Å². The molecule has 0 aromatic heterocycles. The standard InChI is InChI=1S/C14H17FN2O4/c1-14(2,12(19)20)8-11(18)16-13(21)17(3)10-6-4-9(15)5-7-10/h4-7H,8H2,1-3H3,(H,19,20)(H,16,18,21). The Hall–Kier alpha value is -2.44. The first-order chi connectivity index (χ1) is 9.63. The largest absolute Gasteiger partial charge is 0.481 e. The molecule has 1 rings (SSSR count). The summed E-state index contributed by atoms with van der Waals surface area (Å²) in [6.45, 7) is 2.78. The zero-order valence-corrected chi connectivity index (χ0v) is 12.0. The van der Waals surface area contributed by atoms with Crippen molar-refractivity contribution in [2.24, 2.45) is 5.41 Å². The Balaban J connectivity index is 2.66. The quantitative estimate of drug-likeness (QED) is 0.889. The molecule has 0 spiro atoms. The molecule has 0 fully saturated rings. The molecule has 7 heteroatoms. The second-order valence-corrected chi connectivity index (χ2v) is 5.25. The lowest BCUT2D eigenvalue weighted by atomic mass is 9.89. The SMILES string of the molecule is CN(C(=O)NC(=O)CC(C)(C)C(=O)O)c1ccc(F)cc1. The molecule has 0 saturated heterocycles. The number of urea groups is 1. The Bertz CT molecular complexity index is 555. The summed E-state index contributed by atoms with van der Waals surface area (Å²) in [5.41, 5.74) is -0.863. The molecule has 0 atom stereocenters. The fourth-order valence-electron chi connectivity index (χ4n) is 1.51. The van der Waals surface area contributed by atoms with E-state index in [0.717, 1.165) is 4.90 Å². The Morgan fingerprint density at radius 3 is 2.24 bits per heavy atom. The number of nitrogens with zero attached hydrogens (tertiary/aromatic N) is 1. The molecule has 6 nitrogen and oxygen atoms in total. The van der Waals surface area contributed by atoms with E-state index in [1.807, 2.05) is 0 Å². The molecule has 114 valence electrons. The Kier molecular flexibility index (Phi) is 5.02. The van der Waals surface area contributed by atoms with Crippen molar-refractivity contribution in [2.75, 3.05) is 11.9 Å². The van der Waals surface area contributed by atoms with Crippen molar-refractivity contribution in [2.45, 2.75) is 20.3 Å². The number of rotatable bonds is 4. The number of nitrogens with one attached hydrogen (secondary N) is 1. The highest BCUT2D eigenvalue weighted by molar-refractivity contribution is 6.03. The van der Waals surface area contributed by atoms with Crippen LogP contribution in [-0.4, -0.2) is 30.1 Å². The maximum absolute atomic E-state index is 12.8. The van der Waals surface area contributed by atoms with Crippen LogP contribution in [0, 0.1) is 11.2 Å². The minimum atomic E-state index is -1.27. The van der Waals surface area contributed by atoms with Gasteiger partial charge in [-0.15, -0.1) is 0 Å². The minimum Gasteiger partial charge on any atom is -0.481 e. The molecule has 0 heterocycles. The number of carboxylic acid groups (broad SMARTS) is 1. The number of aliphatic carboxylic acids is 1. The van der Waals surface area contributed by atoms with Gasteiger partial charge in [-0.2, -0.15) is 0 Å². The van der Waals surface area contributed by atoms with Gasteiger partial charge in [0.15, 0.2) is 0 Å². The number of carbonyl (C=O) groups excluding carboxylic acids is 2. The predicted octanol–water partition coefficient (Wildman–Crippen LogP) is 2.00. The van der Waals surface area contributed by atoms with Crippen LogP contribution in [0.3, 0.4) is 0 Å². The number of carboxylic acids is 1. The summed E-state index contributed by atoms with van der Waals surface area (Å²) in [4.78, 5) is 35.6. The van der Waals surface area contributed by atoms with E-state index in [2.05, 4.69) is 5.32 Å². The van der Waals surface area contributed by atoms with Crippen molar-refractivity contribution < 1.29 is 23.9 Å². The maximum atomic E-state index is 12.8. The molecule has 3 amide bonds. The van der Waals surface area contributed by atoms with Gasteiger partial charge in [-0.05, 0) is 38.1 Å². The van der Waals surface area contributed by atoms with Crippen molar-refractivity contribution in [1.82, 2.24) is 5.32 Å². The van der Waals surface area contributed by atoms with Crippen molar-refractivity contribution in [3.8, 4) is 0 Å². The highest BCUT2D eigenvalue weighted by atomic mass is 19.1. The lowest BCUT2D eigenvalue weighted by Crippen LogP contribution is -2.43. The summed E-state index contributed by atoms with van der Waals surface area (Å²) < 4.78 is 12.8. The van der Waals surface area contributed by atoms with Crippen molar-refractivity contribution in [1.29, 1.82) is 0 Å².